The van der Waals surface area contributed by atoms with Crippen LogP contribution in [0.2, 0.25) is 0 Å². The third-order valence-electron chi connectivity index (χ3n) is 6.03. The molecule has 5 rings (SSSR count). The minimum Gasteiger partial charge on any atom is -0.348 e. The number of amides is 1. The Kier molecular flexibility index (Phi) is 5.50. The van der Waals surface area contributed by atoms with Crippen LogP contribution in [0.3, 0.4) is 0 Å². The van der Waals surface area contributed by atoms with Gasteiger partial charge in [-0.15, -0.1) is 11.3 Å². The molecule has 0 fully saturated rings. The maximum absolute atomic E-state index is 12.9. The van der Waals surface area contributed by atoms with Crippen LogP contribution < -0.4 is 5.32 Å². The van der Waals surface area contributed by atoms with E-state index in [1.807, 2.05) is 28.0 Å². The van der Waals surface area contributed by atoms with Crippen LogP contribution in [0, 0.1) is 0 Å². The van der Waals surface area contributed by atoms with Crippen molar-refractivity contribution in [2.24, 2.45) is 0 Å². The zero-order valence-electron chi connectivity index (χ0n) is 18.2. The highest BCUT2D eigenvalue weighted by atomic mass is 32.1. The molecule has 0 aliphatic rings. The number of thiophene rings is 1. The van der Waals surface area contributed by atoms with Gasteiger partial charge in [0.2, 0.25) is 0 Å². The minimum absolute atomic E-state index is 0.0896. The summed E-state index contributed by atoms with van der Waals surface area (Å²) in [5.74, 6) is -0.0896. The van der Waals surface area contributed by atoms with Gasteiger partial charge in [-0.25, -0.2) is 4.98 Å². The molecule has 4 nitrogen and oxygen atoms in total. The number of aromatic nitrogens is 2. The van der Waals surface area contributed by atoms with Crippen molar-refractivity contribution in [1.82, 2.24) is 14.9 Å². The highest BCUT2D eigenvalue weighted by Crippen LogP contribution is 2.40. The SMILES string of the molecule is CCC(CC)NC(=O)c1cncn1-c1cccc(-c2cccc3c2sc2ccccc23)c1. The molecule has 32 heavy (non-hydrogen) atoms. The van der Waals surface area contributed by atoms with E-state index in [0.29, 0.717) is 5.69 Å². The molecule has 0 spiro atoms. The van der Waals surface area contributed by atoms with Crippen LogP contribution in [0.1, 0.15) is 37.2 Å². The lowest BCUT2D eigenvalue weighted by Gasteiger charge is -2.16. The second-order valence-electron chi connectivity index (χ2n) is 7.97. The van der Waals surface area contributed by atoms with Gasteiger partial charge >= 0.3 is 0 Å². The number of hydrogen-bond donors (Lipinski definition) is 1. The van der Waals surface area contributed by atoms with Gasteiger partial charge in [0, 0.05) is 31.9 Å². The Balaban J connectivity index is 1.56. The first-order valence-electron chi connectivity index (χ1n) is 11.0. The molecule has 2 aromatic heterocycles. The Morgan fingerprint density at radius 3 is 2.62 bits per heavy atom. The van der Waals surface area contributed by atoms with Crippen LogP contribution in [0.5, 0.6) is 0 Å². The van der Waals surface area contributed by atoms with Crippen molar-refractivity contribution in [2.45, 2.75) is 32.7 Å². The molecule has 0 bridgehead atoms. The number of nitrogens with zero attached hydrogens (tertiary/aromatic N) is 2. The Bertz CT molecular complexity index is 1410. The fraction of sp³-hybridized carbons (Fsp3) is 0.185. The summed E-state index contributed by atoms with van der Waals surface area (Å²) in [4.78, 5) is 17.2. The number of rotatable bonds is 6. The van der Waals surface area contributed by atoms with Gasteiger partial charge in [0.05, 0.1) is 12.5 Å². The molecule has 0 unspecified atom stereocenters. The normalized spacial score (nSPS) is 11.5. The number of nitrogens with one attached hydrogen (secondary N) is 1. The fourth-order valence-electron chi connectivity index (χ4n) is 4.22. The molecule has 160 valence electrons. The summed E-state index contributed by atoms with van der Waals surface area (Å²) in [6, 6.07) is 23.5. The van der Waals surface area contributed by atoms with Gasteiger partial charge < -0.3 is 5.32 Å². The zero-order chi connectivity index (χ0) is 22.1. The highest BCUT2D eigenvalue weighted by molar-refractivity contribution is 7.26. The Hall–Kier alpha value is -3.44. The van der Waals surface area contributed by atoms with Crippen molar-refractivity contribution < 1.29 is 4.79 Å². The maximum Gasteiger partial charge on any atom is 0.270 e. The molecule has 2 heterocycles. The number of carbonyl (C=O) groups excluding carboxylic acids is 1. The maximum atomic E-state index is 12.9. The first-order valence-corrected chi connectivity index (χ1v) is 11.9. The van der Waals surface area contributed by atoms with Crippen molar-refractivity contribution in [3.05, 3.63) is 84.9 Å². The van der Waals surface area contributed by atoms with E-state index in [-0.39, 0.29) is 11.9 Å². The molecule has 0 saturated carbocycles. The minimum atomic E-state index is -0.0896. The average Bonchev–Trinajstić information content (AvgIpc) is 3.47. The molecular weight excluding hydrogens is 414 g/mol. The molecule has 1 N–H and O–H groups in total. The summed E-state index contributed by atoms with van der Waals surface area (Å²) >= 11 is 1.82. The Morgan fingerprint density at radius 1 is 1.00 bits per heavy atom. The van der Waals surface area contributed by atoms with Crippen molar-refractivity contribution in [2.75, 3.05) is 0 Å². The lowest BCUT2D eigenvalue weighted by molar-refractivity contribution is 0.0928. The predicted molar refractivity (Wildman–Crippen MR) is 134 cm³/mol. The fourth-order valence-corrected chi connectivity index (χ4v) is 5.46. The smallest absolute Gasteiger partial charge is 0.270 e. The summed E-state index contributed by atoms with van der Waals surface area (Å²) in [6.07, 6.45) is 5.16. The third-order valence-corrected chi connectivity index (χ3v) is 7.25. The van der Waals surface area contributed by atoms with Crippen LogP contribution in [0.15, 0.2) is 79.3 Å². The van der Waals surface area contributed by atoms with Gasteiger partial charge in [0.1, 0.15) is 5.69 Å². The number of hydrogen-bond acceptors (Lipinski definition) is 3. The Labute approximate surface area is 191 Å². The zero-order valence-corrected chi connectivity index (χ0v) is 19.0. The van der Waals surface area contributed by atoms with Gasteiger partial charge in [-0.05, 0) is 42.2 Å². The molecule has 0 aliphatic heterocycles. The summed E-state index contributed by atoms with van der Waals surface area (Å²) in [7, 11) is 0. The highest BCUT2D eigenvalue weighted by Gasteiger charge is 2.17. The number of imidazole rings is 1. The largest absolute Gasteiger partial charge is 0.348 e. The summed E-state index contributed by atoms with van der Waals surface area (Å²) in [5, 5.41) is 5.69. The van der Waals surface area contributed by atoms with E-state index < -0.39 is 0 Å². The monoisotopic (exact) mass is 439 g/mol. The summed E-state index contributed by atoms with van der Waals surface area (Å²) < 4.78 is 4.44. The van der Waals surface area contributed by atoms with Crippen molar-refractivity contribution in [1.29, 1.82) is 0 Å². The second-order valence-corrected chi connectivity index (χ2v) is 9.02. The molecule has 0 atom stereocenters. The molecule has 0 saturated heterocycles. The van der Waals surface area contributed by atoms with E-state index in [2.05, 4.69) is 78.7 Å². The van der Waals surface area contributed by atoms with Gasteiger partial charge in [-0.2, -0.15) is 0 Å². The first-order chi connectivity index (χ1) is 15.7. The van der Waals surface area contributed by atoms with E-state index in [4.69, 9.17) is 0 Å². The van der Waals surface area contributed by atoms with Gasteiger partial charge in [0.15, 0.2) is 0 Å². The van der Waals surface area contributed by atoms with Crippen LogP contribution >= 0.6 is 11.3 Å². The predicted octanol–water partition coefficient (Wildman–Crippen LogP) is 6.83. The molecular formula is C27H25N3OS. The average molecular weight is 440 g/mol. The number of benzene rings is 3. The lowest BCUT2D eigenvalue weighted by Crippen LogP contribution is -2.34. The van der Waals surface area contributed by atoms with Crippen LogP contribution in [-0.4, -0.2) is 21.5 Å². The van der Waals surface area contributed by atoms with E-state index in [1.54, 1.807) is 12.5 Å². The van der Waals surface area contributed by atoms with E-state index in [1.165, 1.54) is 25.7 Å². The van der Waals surface area contributed by atoms with Crippen LogP contribution in [0.4, 0.5) is 0 Å². The Morgan fingerprint density at radius 2 is 1.78 bits per heavy atom. The van der Waals surface area contributed by atoms with Gasteiger partial charge in [-0.3, -0.25) is 9.36 Å². The van der Waals surface area contributed by atoms with E-state index >= 15 is 0 Å². The molecule has 1 amide bonds. The quantitative estimate of drug-likeness (QED) is 0.315. The topological polar surface area (TPSA) is 46.9 Å². The number of carbonyl (C=O) groups is 1. The molecule has 3 aromatic carbocycles. The van der Waals surface area contributed by atoms with Gasteiger partial charge in [-0.1, -0.05) is 62.4 Å². The van der Waals surface area contributed by atoms with Crippen LogP contribution in [0.25, 0.3) is 37.0 Å². The summed E-state index contributed by atoms with van der Waals surface area (Å²) in [5.41, 5.74) is 3.80. The van der Waals surface area contributed by atoms with Crippen molar-refractivity contribution in [3.8, 4) is 16.8 Å². The van der Waals surface area contributed by atoms with Gasteiger partial charge in [0.25, 0.3) is 5.91 Å². The first kappa shape index (κ1) is 20.5. The number of fused-ring (bicyclic) bond motifs is 3. The molecule has 0 aliphatic carbocycles. The standard InChI is InChI=1S/C27H25N3OS/c1-3-19(4-2)29-27(31)24-16-28-17-30(24)20-10-7-9-18(15-20)21-12-8-13-23-22-11-5-6-14-25(22)32-26(21)23/h5-17,19H,3-4H2,1-2H3,(H,29,31). The lowest BCUT2D eigenvalue weighted by atomic mass is 10.0. The van der Waals surface area contributed by atoms with Crippen molar-refractivity contribution in [3.63, 3.8) is 0 Å². The van der Waals surface area contributed by atoms with E-state index in [0.717, 1.165) is 24.1 Å². The van der Waals surface area contributed by atoms with Crippen LogP contribution in [-0.2, 0) is 0 Å². The van der Waals surface area contributed by atoms with E-state index in [9.17, 15) is 4.79 Å². The third kappa shape index (κ3) is 3.59. The molecule has 5 heteroatoms. The summed E-state index contributed by atoms with van der Waals surface area (Å²) in [6.45, 7) is 4.17. The van der Waals surface area contributed by atoms with Crippen molar-refractivity contribution >= 4 is 37.4 Å². The molecule has 0 radical (unpaired) electrons. The molecule has 5 aromatic rings. The second kappa shape index (κ2) is 8.60.